The summed E-state index contributed by atoms with van der Waals surface area (Å²) in [4.78, 5) is 43.0. The number of carboxylic acids is 2. The number of hydrogen-bond acceptors (Lipinski definition) is 4. The van der Waals surface area contributed by atoms with Gasteiger partial charge < -0.3 is 26.2 Å². The van der Waals surface area contributed by atoms with Crippen LogP contribution in [-0.2, 0) is 14.4 Å². The molecule has 0 rings (SSSR count). The van der Waals surface area contributed by atoms with Crippen LogP contribution < -0.4 is 16.0 Å². The van der Waals surface area contributed by atoms with E-state index >= 15 is 0 Å². The van der Waals surface area contributed by atoms with Crippen LogP contribution in [0, 0.1) is 0 Å². The molecule has 0 heterocycles. The summed E-state index contributed by atoms with van der Waals surface area (Å²) in [6.07, 6.45) is -0.620. The zero-order valence-corrected chi connectivity index (χ0v) is 9.73. The Balaban J connectivity index is 4.15. The molecule has 0 aliphatic carbocycles. The van der Waals surface area contributed by atoms with Crippen LogP contribution in [0.1, 0.15) is 12.8 Å². The molecule has 0 aliphatic rings. The van der Waals surface area contributed by atoms with Gasteiger partial charge in [-0.3, -0.25) is 9.59 Å². The smallest absolute Gasteiger partial charge is 0.326 e. The Morgan fingerprint density at radius 3 is 2.22 bits per heavy atom. The summed E-state index contributed by atoms with van der Waals surface area (Å²) in [6, 6.07) is -2.16. The first-order valence-corrected chi connectivity index (χ1v) is 5.06. The number of rotatable bonds is 7. The average Bonchev–Trinajstić information content (AvgIpc) is 2.30. The first kappa shape index (κ1) is 15.7. The molecule has 0 spiro atoms. The van der Waals surface area contributed by atoms with Crippen molar-refractivity contribution in [2.24, 2.45) is 0 Å². The van der Waals surface area contributed by atoms with Crippen LogP contribution >= 0.6 is 0 Å². The van der Waals surface area contributed by atoms with Crippen molar-refractivity contribution in [3.63, 3.8) is 0 Å². The summed E-state index contributed by atoms with van der Waals surface area (Å²) in [5.41, 5.74) is 0. The summed E-state index contributed by atoms with van der Waals surface area (Å²) in [6.45, 7) is -0.298. The number of aliphatic carboxylic acids is 2. The van der Waals surface area contributed by atoms with Crippen molar-refractivity contribution in [2.45, 2.75) is 18.9 Å². The van der Waals surface area contributed by atoms with Gasteiger partial charge >= 0.3 is 18.0 Å². The molecule has 0 aromatic heterocycles. The van der Waals surface area contributed by atoms with E-state index in [2.05, 4.69) is 16.0 Å². The Bertz CT molecular complexity index is 343. The molecule has 0 radical (unpaired) electrons. The summed E-state index contributed by atoms with van der Waals surface area (Å²) in [5.74, 6) is -2.94. The predicted molar refractivity (Wildman–Crippen MR) is 58.9 cm³/mol. The monoisotopic (exact) mass is 261 g/mol. The van der Waals surface area contributed by atoms with Gasteiger partial charge in [0.15, 0.2) is 0 Å². The van der Waals surface area contributed by atoms with Crippen molar-refractivity contribution in [3.05, 3.63) is 0 Å². The lowest BCUT2D eigenvalue weighted by molar-refractivity contribution is -0.140. The number of hydrogen-bond donors (Lipinski definition) is 5. The van der Waals surface area contributed by atoms with E-state index in [0.717, 1.165) is 0 Å². The van der Waals surface area contributed by atoms with Gasteiger partial charge in [0.2, 0.25) is 5.91 Å². The summed E-state index contributed by atoms with van der Waals surface area (Å²) in [5, 5.41) is 23.6. The summed E-state index contributed by atoms with van der Waals surface area (Å²) < 4.78 is 0. The highest BCUT2D eigenvalue weighted by molar-refractivity contribution is 5.86. The Hall–Kier alpha value is -2.32. The van der Waals surface area contributed by atoms with Crippen LogP contribution in [0.4, 0.5) is 4.79 Å². The molecule has 9 heteroatoms. The Kier molecular flexibility index (Phi) is 6.86. The molecule has 102 valence electrons. The van der Waals surface area contributed by atoms with E-state index in [9.17, 15) is 19.2 Å². The molecule has 3 amide bonds. The summed E-state index contributed by atoms with van der Waals surface area (Å²) >= 11 is 0. The second kappa shape index (κ2) is 7.87. The molecule has 0 aromatic carbocycles. The van der Waals surface area contributed by atoms with Crippen LogP contribution in [0.15, 0.2) is 0 Å². The third-order valence-electron chi connectivity index (χ3n) is 1.94. The molecule has 0 aromatic rings. The first-order valence-electron chi connectivity index (χ1n) is 5.06. The number of carboxylic acid groups (broad SMARTS) is 2. The van der Waals surface area contributed by atoms with Crippen LogP contribution in [0.25, 0.3) is 0 Å². The fourth-order valence-electron chi connectivity index (χ4n) is 0.983. The van der Waals surface area contributed by atoms with Gasteiger partial charge in [-0.15, -0.1) is 0 Å². The van der Waals surface area contributed by atoms with Gasteiger partial charge in [-0.05, 0) is 6.42 Å². The standard InChI is InChI=1S/C9H15N3O6/c1-10-6(13)4-11-9(18)12-5(8(16)17)2-3-7(14)15/h5H,2-4H2,1H3,(H,10,13)(H,14,15)(H,16,17)(H2,11,12,18). The maximum absolute atomic E-state index is 11.2. The van der Waals surface area contributed by atoms with E-state index in [4.69, 9.17) is 10.2 Å². The van der Waals surface area contributed by atoms with Gasteiger partial charge in [0, 0.05) is 13.5 Å². The molecule has 0 fully saturated rings. The zero-order chi connectivity index (χ0) is 14.1. The molecule has 5 N–H and O–H groups in total. The van der Waals surface area contributed by atoms with Crippen LogP contribution in [0.5, 0.6) is 0 Å². The number of carbonyl (C=O) groups excluding carboxylic acids is 2. The topological polar surface area (TPSA) is 145 Å². The van der Waals surface area contributed by atoms with Crippen molar-refractivity contribution in [1.82, 2.24) is 16.0 Å². The summed E-state index contributed by atoms with van der Waals surface area (Å²) in [7, 11) is 1.38. The maximum atomic E-state index is 11.2. The van der Waals surface area contributed by atoms with E-state index in [-0.39, 0.29) is 19.4 Å². The van der Waals surface area contributed by atoms with Gasteiger partial charge in [0.1, 0.15) is 6.04 Å². The highest BCUT2D eigenvalue weighted by atomic mass is 16.4. The fourth-order valence-corrected chi connectivity index (χ4v) is 0.983. The second-order valence-corrected chi connectivity index (χ2v) is 3.32. The van der Waals surface area contributed by atoms with Gasteiger partial charge in [-0.1, -0.05) is 0 Å². The molecule has 1 unspecified atom stereocenters. The Morgan fingerprint density at radius 1 is 1.17 bits per heavy atom. The molecular formula is C9H15N3O6. The number of carbonyl (C=O) groups is 4. The number of likely N-dealkylation sites (N-methyl/N-ethyl adjacent to an activating group) is 1. The maximum Gasteiger partial charge on any atom is 0.326 e. The SMILES string of the molecule is CNC(=O)CNC(=O)NC(CCC(=O)O)C(=O)O. The quantitative estimate of drug-likeness (QED) is 0.371. The van der Waals surface area contributed by atoms with E-state index in [1.54, 1.807) is 0 Å². The molecule has 18 heavy (non-hydrogen) atoms. The molecule has 1 atom stereocenters. The normalized spacial score (nSPS) is 11.2. The number of amides is 3. The van der Waals surface area contributed by atoms with Gasteiger partial charge in [0.05, 0.1) is 6.54 Å². The zero-order valence-electron chi connectivity index (χ0n) is 9.73. The molecule has 9 nitrogen and oxygen atoms in total. The van der Waals surface area contributed by atoms with Crippen LogP contribution in [0.2, 0.25) is 0 Å². The Labute approximate surface area is 103 Å². The minimum atomic E-state index is -1.34. The van der Waals surface area contributed by atoms with Gasteiger partial charge in [-0.2, -0.15) is 0 Å². The molecule has 0 saturated carbocycles. The first-order chi connectivity index (χ1) is 8.36. The highest BCUT2D eigenvalue weighted by Crippen LogP contribution is 1.97. The Morgan fingerprint density at radius 2 is 1.78 bits per heavy atom. The minimum absolute atomic E-state index is 0.238. The molecule has 0 bridgehead atoms. The van der Waals surface area contributed by atoms with Gasteiger partial charge in [0.25, 0.3) is 0 Å². The fraction of sp³-hybridized carbons (Fsp3) is 0.556. The van der Waals surface area contributed by atoms with Crippen LogP contribution in [-0.4, -0.2) is 53.7 Å². The van der Waals surface area contributed by atoms with E-state index in [1.807, 2.05) is 0 Å². The third kappa shape index (κ3) is 7.04. The van der Waals surface area contributed by atoms with E-state index < -0.39 is 29.9 Å². The second-order valence-electron chi connectivity index (χ2n) is 3.32. The predicted octanol–water partition coefficient (Wildman–Crippen LogP) is -1.65. The van der Waals surface area contributed by atoms with Crippen molar-refractivity contribution in [3.8, 4) is 0 Å². The molecular weight excluding hydrogens is 246 g/mol. The highest BCUT2D eigenvalue weighted by Gasteiger charge is 2.20. The average molecular weight is 261 g/mol. The molecule has 0 aliphatic heterocycles. The van der Waals surface area contributed by atoms with E-state index in [1.165, 1.54) is 7.05 Å². The minimum Gasteiger partial charge on any atom is -0.481 e. The molecule has 0 saturated heterocycles. The van der Waals surface area contributed by atoms with Crippen molar-refractivity contribution in [1.29, 1.82) is 0 Å². The third-order valence-corrected chi connectivity index (χ3v) is 1.94. The van der Waals surface area contributed by atoms with Crippen molar-refractivity contribution in [2.75, 3.05) is 13.6 Å². The lowest BCUT2D eigenvalue weighted by Gasteiger charge is -2.13. The van der Waals surface area contributed by atoms with Crippen molar-refractivity contribution < 1.29 is 29.4 Å². The van der Waals surface area contributed by atoms with Crippen LogP contribution in [0.3, 0.4) is 0 Å². The van der Waals surface area contributed by atoms with Crippen molar-refractivity contribution >= 4 is 23.9 Å². The van der Waals surface area contributed by atoms with E-state index in [0.29, 0.717) is 0 Å². The lowest BCUT2D eigenvalue weighted by Crippen LogP contribution is -2.48. The number of nitrogens with one attached hydrogen (secondary N) is 3. The number of urea groups is 1. The lowest BCUT2D eigenvalue weighted by atomic mass is 10.1. The largest absolute Gasteiger partial charge is 0.481 e. The van der Waals surface area contributed by atoms with Gasteiger partial charge in [-0.25, -0.2) is 9.59 Å².